The van der Waals surface area contributed by atoms with Gasteiger partial charge >= 0.3 is 6.36 Å². The number of rotatable bonds is 2. The van der Waals surface area contributed by atoms with Gasteiger partial charge in [-0.3, -0.25) is 9.69 Å². The molecule has 2 aliphatic rings. The van der Waals surface area contributed by atoms with Gasteiger partial charge in [0.1, 0.15) is 23.6 Å². The lowest BCUT2D eigenvalue weighted by Crippen LogP contribution is -2.42. The van der Waals surface area contributed by atoms with E-state index in [0.717, 1.165) is 12.1 Å². The molecule has 0 radical (unpaired) electrons. The highest BCUT2D eigenvalue weighted by atomic mass is 19.4. The quantitative estimate of drug-likeness (QED) is 0.655. The van der Waals surface area contributed by atoms with Crippen molar-refractivity contribution < 1.29 is 27.4 Å². The van der Waals surface area contributed by atoms with Crippen molar-refractivity contribution in [3.05, 3.63) is 66.2 Å². The number of nitrogens with zero attached hydrogens (tertiary/aromatic N) is 4. The summed E-state index contributed by atoms with van der Waals surface area (Å²) in [7, 11) is 1.47. The summed E-state index contributed by atoms with van der Waals surface area (Å²) in [6.07, 6.45) is -0.263. The lowest BCUT2D eigenvalue weighted by Gasteiger charge is -2.34. The van der Waals surface area contributed by atoms with Crippen molar-refractivity contribution in [1.29, 1.82) is 0 Å². The molecule has 2 aliphatic heterocycles. The zero-order valence-corrected chi connectivity index (χ0v) is 16.4. The number of aliphatic imine (C=N–C) groups is 1. The number of alkyl halides is 3. The molecule has 3 heterocycles. The Bertz CT molecular complexity index is 1280. The monoisotopic (exact) mass is 441 g/mol. The van der Waals surface area contributed by atoms with Gasteiger partial charge < -0.3 is 15.2 Å². The maximum atomic E-state index is 13.4. The number of benzene rings is 2. The van der Waals surface area contributed by atoms with E-state index >= 15 is 0 Å². The first-order chi connectivity index (χ1) is 15.2. The van der Waals surface area contributed by atoms with Crippen molar-refractivity contribution in [1.82, 2.24) is 14.9 Å². The Hall–Kier alpha value is -4.15. The fourth-order valence-electron chi connectivity index (χ4n) is 3.87. The second kappa shape index (κ2) is 6.67. The zero-order valence-electron chi connectivity index (χ0n) is 16.4. The van der Waals surface area contributed by atoms with Crippen LogP contribution in [0, 0.1) is 0 Å². The molecule has 1 aromatic heterocycles. The summed E-state index contributed by atoms with van der Waals surface area (Å²) in [5.74, 6) is -0.717. The summed E-state index contributed by atoms with van der Waals surface area (Å²) in [4.78, 5) is 27.1. The van der Waals surface area contributed by atoms with E-state index < -0.39 is 23.6 Å². The number of nitrogens with two attached hydrogens (primary N) is 1. The lowest BCUT2D eigenvalue weighted by molar-refractivity contribution is -0.274. The molecule has 3 aromatic rings. The van der Waals surface area contributed by atoms with Crippen molar-refractivity contribution in [3.63, 3.8) is 0 Å². The van der Waals surface area contributed by atoms with E-state index in [9.17, 15) is 18.0 Å². The molecule has 1 amide bonds. The van der Waals surface area contributed by atoms with Crippen LogP contribution in [0.2, 0.25) is 0 Å². The average Bonchev–Trinajstić information content (AvgIpc) is 2.98. The minimum atomic E-state index is -4.88. The minimum Gasteiger partial charge on any atom is -0.456 e. The van der Waals surface area contributed by atoms with Gasteiger partial charge in [-0.05, 0) is 29.8 Å². The number of carbonyl (C=O) groups is 1. The highest BCUT2D eigenvalue weighted by Gasteiger charge is 2.54. The molecule has 1 unspecified atom stereocenters. The standard InChI is InChI=1S/C21H14F3N5O3/c1-29-18(30)20(28-19(29)25)14-4-3-13(32-21(22,23)24)7-17(14)31-16-5-2-11(6-15(16)20)12-8-26-10-27-9-12/h2-10H,1H3,(H2,25,28). The van der Waals surface area contributed by atoms with Gasteiger partial charge in [0.2, 0.25) is 5.54 Å². The first kappa shape index (κ1) is 19.8. The highest BCUT2D eigenvalue weighted by molar-refractivity contribution is 6.10. The Kier molecular flexibility index (Phi) is 4.13. The molecule has 0 aliphatic carbocycles. The molecule has 1 atom stereocenters. The van der Waals surface area contributed by atoms with Gasteiger partial charge in [0.05, 0.1) is 0 Å². The zero-order chi connectivity index (χ0) is 22.7. The van der Waals surface area contributed by atoms with Crippen LogP contribution in [0.3, 0.4) is 0 Å². The molecule has 5 rings (SSSR count). The smallest absolute Gasteiger partial charge is 0.456 e. The minimum absolute atomic E-state index is 0.00949. The topological polar surface area (TPSA) is 103 Å². The summed E-state index contributed by atoms with van der Waals surface area (Å²) in [6.45, 7) is 0. The normalized spacial score (nSPS) is 19.3. The summed E-state index contributed by atoms with van der Waals surface area (Å²) in [6, 6.07) is 8.55. The highest BCUT2D eigenvalue weighted by Crippen LogP contribution is 2.53. The Morgan fingerprint density at radius 3 is 2.44 bits per heavy atom. The van der Waals surface area contributed by atoms with Crippen LogP contribution in [0.25, 0.3) is 11.1 Å². The summed E-state index contributed by atoms with van der Waals surface area (Å²) < 4.78 is 48.0. The number of hydrogen-bond donors (Lipinski definition) is 1. The Balaban J connectivity index is 1.72. The molecule has 2 aromatic carbocycles. The van der Waals surface area contributed by atoms with E-state index in [1.807, 2.05) is 0 Å². The largest absolute Gasteiger partial charge is 0.573 e. The molecule has 0 saturated heterocycles. The van der Waals surface area contributed by atoms with E-state index in [4.69, 9.17) is 10.5 Å². The van der Waals surface area contributed by atoms with E-state index in [2.05, 4.69) is 19.7 Å². The number of aromatic nitrogens is 2. The first-order valence-corrected chi connectivity index (χ1v) is 9.30. The van der Waals surface area contributed by atoms with Gasteiger partial charge in [0.25, 0.3) is 5.91 Å². The second-order valence-electron chi connectivity index (χ2n) is 7.19. The second-order valence-corrected chi connectivity index (χ2v) is 7.19. The third-order valence-corrected chi connectivity index (χ3v) is 5.30. The van der Waals surface area contributed by atoms with Crippen LogP contribution >= 0.6 is 0 Å². The van der Waals surface area contributed by atoms with Gasteiger partial charge in [0.15, 0.2) is 5.96 Å². The molecule has 0 saturated carbocycles. The van der Waals surface area contributed by atoms with Crippen molar-refractivity contribution in [2.24, 2.45) is 10.7 Å². The van der Waals surface area contributed by atoms with Crippen molar-refractivity contribution in [3.8, 4) is 28.4 Å². The molecule has 8 nitrogen and oxygen atoms in total. The molecule has 11 heteroatoms. The van der Waals surface area contributed by atoms with Gasteiger partial charge in [-0.2, -0.15) is 0 Å². The average molecular weight is 441 g/mol. The molecular formula is C21H14F3N5O3. The third-order valence-electron chi connectivity index (χ3n) is 5.30. The van der Waals surface area contributed by atoms with Crippen LogP contribution in [0.15, 0.2) is 60.1 Å². The Morgan fingerprint density at radius 2 is 1.78 bits per heavy atom. The Morgan fingerprint density at radius 1 is 1.03 bits per heavy atom. The van der Waals surface area contributed by atoms with E-state index in [1.165, 1.54) is 24.3 Å². The van der Waals surface area contributed by atoms with Crippen LogP contribution in [0.5, 0.6) is 17.2 Å². The van der Waals surface area contributed by atoms with Crippen molar-refractivity contribution in [2.75, 3.05) is 7.05 Å². The van der Waals surface area contributed by atoms with E-state index in [-0.39, 0.29) is 23.0 Å². The number of fused-ring (bicyclic) bond motifs is 4. The molecular weight excluding hydrogens is 427 g/mol. The SMILES string of the molecule is CN1C(=O)C2(N=C1N)c1ccc(OC(F)(F)F)cc1Oc1ccc(-c3cncnc3)cc12. The summed E-state index contributed by atoms with van der Waals surface area (Å²) >= 11 is 0. The van der Waals surface area contributed by atoms with E-state index in [0.29, 0.717) is 16.7 Å². The van der Waals surface area contributed by atoms with Gasteiger partial charge in [-0.15, -0.1) is 13.2 Å². The molecule has 0 bridgehead atoms. The molecule has 0 fully saturated rings. The van der Waals surface area contributed by atoms with Gasteiger partial charge in [0, 0.05) is 42.2 Å². The van der Waals surface area contributed by atoms with Crippen LogP contribution < -0.4 is 15.2 Å². The maximum Gasteiger partial charge on any atom is 0.573 e. The number of likely N-dealkylation sites (N-methyl/N-ethyl adjacent to an activating group) is 1. The number of hydrogen-bond acceptors (Lipinski definition) is 7. The predicted octanol–water partition coefficient (Wildman–Crippen LogP) is 3.18. The number of carbonyl (C=O) groups excluding carboxylic acids is 1. The number of halogens is 3. The fraction of sp³-hybridized carbons (Fsp3) is 0.143. The number of amides is 1. The predicted molar refractivity (Wildman–Crippen MR) is 106 cm³/mol. The van der Waals surface area contributed by atoms with Crippen molar-refractivity contribution >= 4 is 11.9 Å². The molecule has 162 valence electrons. The van der Waals surface area contributed by atoms with Crippen LogP contribution in [0.4, 0.5) is 13.2 Å². The molecule has 32 heavy (non-hydrogen) atoms. The lowest BCUT2D eigenvalue weighted by atomic mass is 9.79. The van der Waals surface area contributed by atoms with Gasteiger partial charge in [-0.25, -0.2) is 15.0 Å². The first-order valence-electron chi connectivity index (χ1n) is 9.30. The van der Waals surface area contributed by atoms with Crippen LogP contribution in [0.1, 0.15) is 11.1 Å². The maximum absolute atomic E-state index is 13.4. The van der Waals surface area contributed by atoms with Crippen LogP contribution in [-0.4, -0.2) is 40.1 Å². The molecule has 2 N–H and O–H groups in total. The van der Waals surface area contributed by atoms with Gasteiger partial charge in [-0.1, -0.05) is 6.07 Å². The fourth-order valence-corrected chi connectivity index (χ4v) is 3.87. The third kappa shape index (κ3) is 2.93. The van der Waals surface area contributed by atoms with Crippen molar-refractivity contribution in [2.45, 2.75) is 11.9 Å². The Labute approximate surface area is 179 Å². The summed E-state index contributed by atoms with van der Waals surface area (Å²) in [5, 5.41) is 0. The number of guanidine groups is 1. The van der Waals surface area contributed by atoms with E-state index in [1.54, 1.807) is 30.6 Å². The van der Waals surface area contributed by atoms with Crippen LogP contribution in [-0.2, 0) is 10.3 Å². The number of ether oxygens (including phenoxy) is 2. The summed E-state index contributed by atoms with van der Waals surface area (Å²) in [5.41, 5.74) is 6.39. The molecule has 1 spiro atoms.